The van der Waals surface area contributed by atoms with Crippen molar-refractivity contribution in [1.29, 1.82) is 0 Å². The Bertz CT molecular complexity index is 206. The summed E-state index contributed by atoms with van der Waals surface area (Å²) in [4.78, 5) is 11.4. The summed E-state index contributed by atoms with van der Waals surface area (Å²) in [5.74, 6) is 1.97. The summed E-state index contributed by atoms with van der Waals surface area (Å²) in [6.45, 7) is 0. The van der Waals surface area contributed by atoms with Crippen molar-refractivity contribution >= 4 is 5.78 Å². The second-order valence-electron chi connectivity index (χ2n) is 3.23. The maximum absolute atomic E-state index is 11.4. The van der Waals surface area contributed by atoms with Gasteiger partial charge in [-0.2, -0.15) is 0 Å². The van der Waals surface area contributed by atoms with Gasteiger partial charge in [0.2, 0.25) is 5.78 Å². The molecule has 1 rings (SSSR count). The minimum absolute atomic E-state index is 0.190. The van der Waals surface area contributed by atoms with E-state index in [1.165, 1.54) is 6.42 Å². The average molecular weight is 166 g/mol. The predicted molar refractivity (Wildman–Crippen MR) is 46.7 cm³/mol. The summed E-state index contributed by atoms with van der Waals surface area (Å²) < 4.78 is 5.24. The largest absolute Gasteiger partial charge is 0.369 e. The van der Waals surface area contributed by atoms with Crippen LogP contribution in [0.2, 0.25) is 0 Å². The third kappa shape index (κ3) is 1.51. The van der Waals surface area contributed by atoms with Crippen molar-refractivity contribution in [1.82, 2.24) is 0 Å². The monoisotopic (exact) mass is 166 g/mol. The molecule has 66 valence electrons. The van der Waals surface area contributed by atoms with Gasteiger partial charge in [0.25, 0.3) is 0 Å². The molecule has 0 bridgehead atoms. The van der Waals surface area contributed by atoms with Crippen LogP contribution in [-0.2, 0) is 9.53 Å². The Morgan fingerprint density at radius 3 is 2.42 bits per heavy atom. The van der Waals surface area contributed by atoms with Gasteiger partial charge < -0.3 is 4.74 Å². The number of ether oxygens (including phenoxy) is 1. The Kier molecular flexibility index (Phi) is 2.88. The lowest BCUT2D eigenvalue weighted by Gasteiger charge is -2.32. The minimum atomic E-state index is -0.646. The van der Waals surface area contributed by atoms with Crippen molar-refractivity contribution in [3.8, 4) is 12.3 Å². The number of ketones is 1. The zero-order valence-corrected chi connectivity index (χ0v) is 7.43. The SMILES string of the molecule is C#CC(=O)C1(OC)CCCCC1. The van der Waals surface area contributed by atoms with Crippen molar-refractivity contribution < 1.29 is 9.53 Å². The Balaban J connectivity index is 2.74. The zero-order valence-electron chi connectivity index (χ0n) is 7.43. The van der Waals surface area contributed by atoms with Gasteiger partial charge in [-0.25, -0.2) is 0 Å². The number of terminal acetylenes is 1. The van der Waals surface area contributed by atoms with Crippen LogP contribution in [0.1, 0.15) is 32.1 Å². The second-order valence-corrected chi connectivity index (χ2v) is 3.23. The first-order chi connectivity index (χ1) is 5.75. The lowest BCUT2D eigenvalue weighted by Crippen LogP contribution is -2.41. The molecule has 0 spiro atoms. The van der Waals surface area contributed by atoms with Crippen LogP contribution in [0.25, 0.3) is 0 Å². The van der Waals surface area contributed by atoms with Gasteiger partial charge in [0.05, 0.1) is 0 Å². The number of carbonyl (C=O) groups is 1. The summed E-state index contributed by atoms with van der Waals surface area (Å²) in [6, 6.07) is 0. The molecule has 0 saturated heterocycles. The highest BCUT2D eigenvalue weighted by Crippen LogP contribution is 2.31. The van der Waals surface area contributed by atoms with E-state index >= 15 is 0 Å². The Hall–Kier alpha value is -0.810. The van der Waals surface area contributed by atoms with Crippen LogP contribution in [0.15, 0.2) is 0 Å². The number of rotatable bonds is 2. The van der Waals surface area contributed by atoms with Crippen LogP contribution in [0.3, 0.4) is 0 Å². The molecular formula is C10H14O2. The molecule has 2 nitrogen and oxygen atoms in total. The van der Waals surface area contributed by atoms with Crippen LogP contribution < -0.4 is 0 Å². The molecule has 1 fully saturated rings. The van der Waals surface area contributed by atoms with E-state index in [0.29, 0.717) is 0 Å². The molecule has 0 unspecified atom stereocenters. The topological polar surface area (TPSA) is 26.3 Å². The first-order valence-electron chi connectivity index (χ1n) is 4.31. The highest BCUT2D eigenvalue weighted by atomic mass is 16.5. The Morgan fingerprint density at radius 2 is 2.00 bits per heavy atom. The van der Waals surface area contributed by atoms with Gasteiger partial charge in [-0.05, 0) is 18.8 Å². The standard InChI is InChI=1S/C10H14O2/c1-3-9(11)10(12-2)7-5-4-6-8-10/h1H,4-8H2,2H3. The van der Waals surface area contributed by atoms with Gasteiger partial charge >= 0.3 is 0 Å². The molecule has 2 heteroatoms. The molecule has 0 heterocycles. The third-order valence-electron chi connectivity index (χ3n) is 2.60. The normalized spacial score (nSPS) is 21.3. The molecule has 0 amide bonds. The predicted octanol–water partition coefficient (Wildman–Crippen LogP) is 1.54. The van der Waals surface area contributed by atoms with Crippen molar-refractivity contribution in [2.75, 3.05) is 7.11 Å². The third-order valence-corrected chi connectivity index (χ3v) is 2.60. The molecule has 0 aromatic heterocycles. The summed E-state index contributed by atoms with van der Waals surface area (Å²) in [5, 5.41) is 0. The fourth-order valence-corrected chi connectivity index (χ4v) is 1.78. The lowest BCUT2D eigenvalue weighted by molar-refractivity contribution is -0.138. The molecule has 1 saturated carbocycles. The second kappa shape index (κ2) is 3.73. The fraction of sp³-hybridized carbons (Fsp3) is 0.700. The minimum Gasteiger partial charge on any atom is -0.369 e. The molecule has 12 heavy (non-hydrogen) atoms. The first kappa shape index (κ1) is 9.28. The van der Waals surface area contributed by atoms with Crippen LogP contribution in [0.5, 0.6) is 0 Å². The van der Waals surface area contributed by atoms with Crippen LogP contribution in [0, 0.1) is 12.3 Å². The molecule has 0 atom stereocenters. The Labute approximate surface area is 73.3 Å². The van der Waals surface area contributed by atoms with Crippen LogP contribution in [-0.4, -0.2) is 18.5 Å². The molecule has 1 aliphatic rings. The lowest BCUT2D eigenvalue weighted by atomic mass is 9.82. The highest BCUT2D eigenvalue weighted by Gasteiger charge is 2.38. The smallest absolute Gasteiger partial charge is 0.236 e. The Morgan fingerprint density at radius 1 is 1.42 bits per heavy atom. The van der Waals surface area contributed by atoms with Gasteiger partial charge in [0.15, 0.2) is 0 Å². The zero-order chi connectivity index (χ0) is 9.03. The van der Waals surface area contributed by atoms with E-state index in [4.69, 9.17) is 11.2 Å². The molecule has 0 N–H and O–H groups in total. The van der Waals surface area contributed by atoms with Crippen molar-refractivity contribution in [2.45, 2.75) is 37.7 Å². The number of methoxy groups -OCH3 is 1. The fourth-order valence-electron chi connectivity index (χ4n) is 1.78. The molecule has 0 radical (unpaired) electrons. The van der Waals surface area contributed by atoms with Crippen molar-refractivity contribution in [3.05, 3.63) is 0 Å². The van der Waals surface area contributed by atoms with Gasteiger partial charge in [-0.15, -0.1) is 6.42 Å². The highest BCUT2D eigenvalue weighted by molar-refractivity contribution is 6.01. The van der Waals surface area contributed by atoms with Gasteiger partial charge in [-0.3, -0.25) is 4.79 Å². The number of hydrogen-bond donors (Lipinski definition) is 0. The van der Waals surface area contributed by atoms with E-state index in [1.54, 1.807) is 7.11 Å². The van der Waals surface area contributed by atoms with E-state index in [0.717, 1.165) is 25.7 Å². The van der Waals surface area contributed by atoms with Crippen LogP contribution >= 0.6 is 0 Å². The average Bonchev–Trinajstić information content (AvgIpc) is 2.17. The molecule has 1 aliphatic carbocycles. The summed E-state index contributed by atoms with van der Waals surface area (Å²) in [6.07, 6.45) is 9.92. The van der Waals surface area contributed by atoms with Gasteiger partial charge in [-0.1, -0.05) is 19.3 Å². The quantitative estimate of drug-likeness (QED) is 0.459. The van der Waals surface area contributed by atoms with E-state index in [1.807, 2.05) is 0 Å². The maximum Gasteiger partial charge on any atom is 0.236 e. The number of hydrogen-bond acceptors (Lipinski definition) is 2. The molecule has 0 aromatic carbocycles. The summed E-state index contributed by atoms with van der Waals surface area (Å²) in [7, 11) is 1.57. The van der Waals surface area contributed by atoms with E-state index in [2.05, 4.69) is 5.92 Å². The van der Waals surface area contributed by atoms with E-state index in [9.17, 15) is 4.79 Å². The number of carbonyl (C=O) groups excluding carboxylic acids is 1. The van der Waals surface area contributed by atoms with Crippen LogP contribution in [0.4, 0.5) is 0 Å². The maximum atomic E-state index is 11.4. The molecule has 0 aliphatic heterocycles. The van der Waals surface area contributed by atoms with E-state index < -0.39 is 5.60 Å². The van der Waals surface area contributed by atoms with Gasteiger partial charge in [0, 0.05) is 7.11 Å². The summed E-state index contributed by atoms with van der Waals surface area (Å²) >= 11 is 0. The first-order valence-corrected chi connectivity index (χ1v) is 4.31. The summed E-state index contributed by atoms with van der Waals surface area (Å²) in [5.41, 5.74) is -0.646. The number of Topliss-reactive ketones (excluding diaryl/α,β-unsaturated/α-hetero) is 1. The van der Waals surface area contributed by atoms with E-state index in [-0.39, 0.29) is 5.78 Å². The molecular weight excluding hydrogens is 152 g/mol. The van der Waals surface area contributed by atoms with Gasteiger partial charge in [0.1, 0.15) is 5.60 Å². The van der Waals surface area contributed by atoms with Crippen molar-refractivity contribution in [3.63, 3.8) is 0 Å². The molecule has 0 aromatic rings. The van der Waals surface area contributed by atoms with Crippen molar-refractivity contribution in [2.24, 2.45) is 0 Å².